The molecule has 1 N–H and O–H groups in total. The van der Waals surface area contributed by atoms with E-state index in [-0.39, 0.29) is 5.69 Å². The minimum atomic E-state index is -0.508. The van der Waals surface area contributed by atoms with Crippen molar-refractivity contribution in [3.05, 3.63) is 75.3 Å². The molecule has 0 fully saturated rings. The van der Waals surface area contributed by atoms with Crippen LogP contribution in [0.2, 0.25) is 0 Å². The Labute approximate surface area is 140 Å². The van der Waals surface area contributed by atoms with Crippen molar-refractivity contribution in [2.45, 2.75) is 26.7 Å². The summed E-state index contributed by atoms with van der Waals surface area (Å²) in [7, 11) is 0. The average molecular weight is 325 g/mol. The summed E-state index contributed by atoms with van der Waals surface area (Å²) in [5.74, 6) is -0.410. The molecule has 6 nitrogen and oxygen atoms in total. The third-order valence-electron chi connectivity index (χ3n) is 3.58. The summed E-state index contributed by atoms with van der Waals surface area (Å²) in [6.07, 6.45) is 2.13. The number of non-ortho nitro benzene ring substituents is 1. The number of carbonyl (C=O) groups is 1. The van der Waals surface area contributed by atoms with Crippen LogP contribution in [0.15, 0.2) is 53.6 Å². The van der Waals surface area contributed by atoms with Crippen molar-refractivity contribution in [2.75, 3.05) is 0 Å². The smallest absolute Gasteiger partial charge is 0.267 e. The van der Waals surface area contributed by atoms with Crippen molar-refractivity contribution in [1.82, 2.24) is 5.43 Å². The molecular weight excluding hydrogens is 306 g/mol. The third kappa shape index (κ3) is 4.49. The van der Waals surface area contributed by atoms with Crippen molar-refractivity contribution in [2.24, 2.45) is 5.10 Å². The van der Waals surface area contributed by atoms with E-state index in [9.17, 15) is 14.9 Å². The van der Waals surface area contributed by atoms with Crippen LogP contribution >= 0.6 is 0 Å². The van der Waals surface area contributed by atoms with Crippen LogP contribution in [0.4, 0.5) is 5.69 Å². The number of nitrogens with zero attached hydrogens (tertiary/aromatic N) is 2. The highest BCUT2D eigenvalue weighted by atomic mass is 16.6. The monoisotopic (exact) mass is 325 g/mol. The Kier molecular flexibility index (Phi) is 5.78. The van der Waals surface area contributed by atoms with Crippen molar-refractivity contribution >= 4 is 17.3 Å². The van der Waals surface area contributed by atoms with Crippen molar-refractivity contribution in [3.8, 4) is 0 Å². The lowest BCUT2D eigenvalue weighted by Gasteiger charge is -2.04. The first-order chi connectivity index (χ1) is 11.5. The number of amides is 1. The zero-order valence-corrected chi connectivity index (χ0v) is 13.7. The Bertz CT molecular complexity index is 750. The van der Waals surface area contributed by atoms with Crippen LogP contribution in [-0.2, 0) is 6.42 Å². The number of nitrogens with one attached hydrogen (secondary N) is 1. The molecule has 0 radical (unpaired) electrons. The minimum absolute atomic E-state index is 0.0570. The topological polar surface area (TPSA) is 84.6 Å². The molecule has 0 aliphatic heterocycles. The van der Waals surface area contributed by atoms with Gasteiger partial charge in [-0.3, -0.25) is 14.9 Å². The molecule has 0 saturated carbocycles. The first-order valence-corrected chi connectivity index (χ1v) is 7.69. The number of hydrogen-bond donors (Lipinski definition) is 1. The standard InChI is InChI=1S/C18H19N3O3/c1-3-4-14-5-7-15(8-6-14)13(2)19-20-18(22)16-9-11-17(12-10-16)21(23)24/h5-12H,3-4H2,1-2H3,(H,20,22). The summed E-state index contributed by atoms with van der Waals surface area (Å²) in [6.45, 7) is 3.94. The molecule has 24 heavy (non-hydrogen) atoms. The van der Waals surface area contributed by atoms with Gasteiger partial charge in [-0.2, -0.15) is 5.10 Å². The fourth-order valence-electron chi connectivity index (χ4n) is 2.20. The Balaban J connectivity index is 2.02. The van der Waals surface area contributed by atoms with E-state index < -0.39 is 10.8 Å². The zero-order chi connectivity index (χ0) is 17.5. The van der Waals surface area contributed by atoms with Gasteiger partial charge in [-0.05, 0) is 36.6 Å². The third-order valence-corrected chi connectivity index (χ3v) is 3.58. The molecule has 0 aromatic heterocycles. The zero-order valence-electron chi connectivity index (χ0n) is 13.7. The maximum absolute atomic E-state index is 12.0. The molecule has 124 valence electrons. The number of benzene rings is 2. The summed E-state index contributed by atoms with van der Waals surface area (Å²) < 4.78 is 0. The summed E-state index contributed by atoms with van der Waals surface area (Å²) in [6, 6.07) is 13.4. The lowest BCUT2D eigenvalue weighted by atomic mass is 10.1. The molecule has 2 aromatic rings. The fourth-order valence-corrected chi connectivity index (χ4v) is 2.20. The van der Waals surface area contributed by atoms with E-state index in [2.05, 4.69) is 29.6 Å². The number of carbonyl (C=O) groups excluding carboxylic acids is 1. The number of hydrogen-bond acceptors (Lipinski definition) is 4. The highest BCUT2D eigenvalue weighted by Gasteiger charge is 2.09. The molecule has 0 spiro atoms. The Morgan fingerprint density at radius 1 is 1.08 bits per heavy atom. The van der Waals surface area contributed by atoms with Gasteiger partial charge in [-0.15, -0.1) is 0 Å². The van der Waals surface area contributed by atoms with Gasteiger partial charge >= 0.3 is 0 Å². The van der Waals surface area contributed by atoms with Gasteiger partial charge in [0, 0.05) is 17.7 Å². The number of aryl methyl sites for hydroxylation is 1. The summed E-state index contributed by atoms with van der Waals surface area (Å²) in [4.78, 5) is 22.1. The normalized spacial score (nSPS) is 11.2. The van der Waals surface area contributed by atoms with Gasteiger partial charge < -0.3 is 0 Å². The highest BCUT2D eigenvalue weighted by molar-refractivity contribution is 6.00. The molecule has 0 unspecified atom stereocenters. The van der Waals surface area contributed by atoms with Gasteiger partial charge in [0.25, 0.3) is 11.6 Å². The second-order valence-corrected chi connectivity index (χ2v) is 5.39. The first-order valence-electron chi connectivity index (χ1n) is 7.69. The lowest BCUT2D eigenvalue weighted by Crippen LogP contribution is -2.19. The Morgan fingerprint density at radius 3 is 2.21 bits per heavy atom. The van der Waals surface area contributed by atoms with E-state index in [1.165, 1.54) is 29.8 Å². The molecule has 0 saturated heterocycles. The fraction of sp³-hybridized carbons (Fsp3) is 0.222. The van der Waals surface area contributed by atoms with E-state index in [1.54, 1.807) is 0 Å². The van der Waals surface area contributed by atoms with Crippen LogP contribution in [-0.4, -0.2) is 16.5 Å². The van der Waals surface area contributed by atoms with E-state index in [4.69, 9.17) is 0 Å². The lowest BCUT2D eigenvalue weighted by molar-refractivity contribution is -0.384. The van der Waals surface area contributed by atoms with Crippen molar-refractivity contribution in [3.63, 3.8) is 0 Å². The van der Waals surface area contributed by atoms with E-state index >= 15 is 0 Å². The molecule has 1 amide bonds. The molecular formula is C18H19N3O3. The predicted octanol–water partition coefficient (Wildman–Crippen LogP) is 3.70. The van der Waals surface area contributed by atoms with Gasteiger partial charge in [0.2, 0.25) is 0 Å². The number of rotatable bonds is 6. The van der Waals surface area contributed by atoms with Crippen LogP contribution in [0.5, 0.6) is 0 Å². The van der Waals surface area contributed by atoms with Gasteiger partial charge in [0.1, 0.15) is 0 Å². The van der Waals surface area contributed by atoms with Crippen LogP contribution < -0.4 is 5.43 Å². The average Bonchev–Trinajstić information content (AvgIpc) is 2.60. The number of hydrazone groups is 1. The minimum Gasteiger partial charge on any atom is -0.267 e. The van der Waals surface area contributed by atoms with Gasteiger partial charge in [-0.25, -0.2) is 5.43 Å². The van der Waals surface area contributed by atoms with Crippen LogP contribution in [0.1, 0.15) is 41.8 Å². The van der Waals surface area contributed by atoms with E-state index in [0.29, 0.717) is 11.3 Å². The predicted molar refractivity (Wildman–Crippen MR) is 93.2 cm³/mol. The van der Waals surface area contributed by atoms with Gasteiger partial charge in [-0.1, -0.05) is 37.6 Å². The summed E-state index contributed by atoms with van der Waals surface area (Å²) in [5.41, 5.74) is 5.61. The molecule has 0 atom stereocenters. The maximum Gasteiger partial charge on any atom is 0.271 e. The molecule has 0 aliphatic rings. The van der Waals surface area contributed by atoms with E-state index in [1.807, 2.05) is 19.1 Å². The summed E-state index contributed by atoms with van der Waals surface area (Å²) in [5, 5.41) is 14.7. The van der Waals surface area contributed by atoms with Crippen molar-refractivity contribution in [1.29, 1.82) is 0 Å². The molecule has 2 aromatic carbocycles. The van der Waals surface area contributed by atoms with Gasteiger partial charge in [0.15, 0.2) is 0 Å². The molecule has 0 bridgehead atoms. The quantitative estimate of drug-likeness (QED) is 0.499. The van der Waals surface area contributed by atoms with Gasteiger partial charge in [0.05, 0.1) is 10.6 Å². The second-order valence-electron chi connectivity index (χ2n) is 5.39. The second kappa shape index (κ2) is 8.01. The molecule has 0 aliphatic carbocycles. The Hall–Kier alpha value is -3.02. The highest BCUT2D eigenvalue weighted by Crippen LogP contribution is 2.12. The summed E-state index contributed by atoms with van der Waals surface area (Å²) >= 11 is 0. The first kappa shape index (κ1) is 17.3. The van der Waals surface area contributed by atoms with E-state index in [0.717, 1.165) is 18.4 Å². The number of nitro benzene ring substituents is 1. The molecule has 2 rings (SSSR count). The van der Waals surface area contributed by atoms with Crippen molar-refractivity contribution < 1.29 is 9.72 Å². The van der Waals surface area contributed by atoms with Crippen LogP contribution in [0, 0.1) is 10.1 Å². The van der Waals surface area contributed by atoms with Crippen LogP contribution in [0.3, 0.4) is 0 Å². The Morgan fingerprint density at radius 2 is 1.67 bits per heavy atom. The number of nitro groups is 1. The molecule has 0 heterocycles. The maximum atomic E-state index is 12.0. The molecule has 6 heteroatoms. The van der Waals surface area contributed by atoms with Crippen LogP contribution in [0.25, 0.3) is 0 Å². The SMILES string of the molecule is CCCc1ccc(C(C)=NNC(=O)c2ccc([N+](=O)[O-])cc2)cc1. The largest absolute Gasteiger partial charge is 0.271 e.